The average molecular weight is 346 g/mol. The number of nitrogens with zero attached hydrogens (tertiary/aromatic N) is 2. The molecule has 1 atom stereocenters. The molecule has 0 N–H and O–H groups in total. The van der Waals surface area contributed by atoms with Gasteiger partial charge in [-0.15, -0.1) is 0 Å². The summed E-state index contributed by atoms with van der Waals surface area (Å²) in [6.45, 7) is 0.753. The standard InChI is InChI=1S/C22H22N2O2/c1-23-13-11-18(15-21(23)25)22(26)24-12-5-9-19(24)14-17-8-4-7-16-6-2-3-10-20(16)17/h2-4,6-8,10-11,13,15,19H,5,9,12,14H2,1H3/t19-/m1/s1. The third-order valence-electron chi connectivity index (χ3n) is 5.32. The number of aryl methyl sites for hydroxylation is 1. The molecule has 4 heteroatoms. The van der Waals surface area contributed by atoms with Crippen LogP contribution < -0.4 is 5.56 Å². The van der Waals surface area contributed by atoms with Crippen molar-refractivity contribution in [1.82, 2.24) is 9.47 Å². The van der Waals surface area contributed by atoms with E-state index in [0.29, 0.717) is 5.56 Å². The molecule has 26 heavy (non-hydrogen) atoms. The van der Waals surface area contributed by atoms with E-state index in [1.807, 2.05) is 11.0 Å². The summed E-state index contributed by atoms with van der Waals surface area (Å²) in [4.78, 5) is 26.8. The molecule has 1 aliphatic rings. The zero-order valence-electron chi connectivity index (χ0n) is 14.9. The molecule has 4 nitrogen and oxygen atoms in total. The molecule has 0 aliphatic carbocycles. The van der Waals surface area contributed by atoms with E-state index in [0.717, 1.165) is 25.8 Å². The first-order chi connectivity index (χ1) is 12.6. The number of hydrogen-bond acceptors (Lipinski definition) is 2. The Morgan fingerprint density at radius 1 is 1.12 bits per heavy atom. The van der Waals surface area contributed by atoms with Crippen molar-refractivity contribution >= 4 is 16.7 Å². The number of likely N-dealkylation sites (tertiary alicyclic amines) is 1. The van der Waals surface area contributed by atoms with E-state index < -0.39 is 0 Å². The highest BCUT2D eigenvalue weighted by molar-refractivity contribution is 5.94. The number of benzene rings is 2. The Labute approximate surface area is 152 Å². The van der Waals surface area contributed by atoms with Crippen molar-refractivity contribution in [2.75, 3.05) is 6.54 Å². The number of carbonyl (C=O) groups is 1. The van der Waals surface area contributed by atoms with Gasteiger partial charge >= 0.3 is 0 Å². The second-order valence-electron chi connectivity index (χ2n) is 7.00. The Bertz CT molecular complexity index is 1020. The second kappa shape index (κ2) is 6.79. The average Bonchev–Trinajstić information content (AvgIpc) is 3.12. The lowest BCUT2D eigenvalue weighted by Gasteiger charge is -2.25. The number of fused-ring (bicyclic) bond motifs is 1. The molecule has 1 aromatic heterocycles. The maximum absolute atomic E-state index is 13.0. The van der Waals surface area contributed by atoms with Crippen LogP contribution >= 0.6 is 0 Å². The minimum absolute atomic E-state index is 0.0366. The van der Waals surface area contributed by atoms with Crippen LogP contribution in [0.4, 0.5) is 0 Å². The summed E-state index contributed by atoms with van der Waals surface area (Å²) in [5.74, 6) is -0.0366. The van der Waals surface area contributed by atoms with Crippen molar-refractivity contribution < 1.29 is 4.79 Å². The van der Waals surface area contributed by atoms with Gasteiger partial charge in [-0.3, -0.25) is 9.59 Å². The maximum Gasteiger partial charge on any atom is 0.254 e. The Kier molecular flexibility index (Phi) is 4.33. The Morgan fingerprint density at radius 3 is 2.77 bits per heavy atom. The summed E-state index contributed by atoms with van der Waals surface area (Å²) >= 11 is 0. The second-order valence-corrected chi connectivity index (χ2v) is 7.00. The van der Waals surface area contributed by atoms with Gasteiger partial charge < -0.3 is 9.47 Å². The fourth-order valence-corrected chi connectivity index (χ4v) is 3.89. The van der Waals surface area contributed by atoms with Crippen molar-refractivity contribution in [3.8, 4) is 0 Å². The third kappa shape index (κ3) is 3.03. The summed E-state index contributed by atoms with van der Waals surface area (Å²) in [5.41, 5.74) is 1.61. The van der Waals surface area contributed by atoms with Gasteiger partial charge in [0.15, 0.2) is 0 Å². The van der Waals surface area contributed by atoms with Gasteiger partial charge in [-0.1, -0.05) is 42.5 Å². The van der Waals surface area contributed by atoms with Crippen LogP contribution in [-0.2, 0) is 13.5 Å². The minimum atomic E-state index is -0.152. The van der Waals surface area contributed by atoms with Crippen LogP contribution in [0.5, 0.6) is 0 Å². The van der Waals surface area contributed by atoms with Crippen LogP contribution in [0.3, 0.4) is 0 Å². The minimum Gasteiger partial charge on any atom is -0.335 e. The summed E-state index contributed by atoms with van der Waals surface area (Å²) < 4.78 is 1.48. The predicted molar refractivity (Wildman–Crippen MR) is 103 cm³/mol. The molecule has 1 saturated heterocycles. The topological polar surface area (TPSA) is 42.3 Å². The molecule has 3 aromatic rings. The molecular weight excluding hydrogens is 324 g/mol. The number of pyridine rings is 1. The molecule has 0 spiro atoms. The van der Waals surface area contributed by atoms with Crippen LogP contribution in [0.15, 0.2) is 65.6 Å². The van der Waals surface area contributed by atoms with Crippen LogP contribution in [0.2, 0.25) is 0 Å². The van der Waals surface area contributed by atoms with Gasteiger partial charge in [-0.05, 0) is 41.7 Å². The molecule has 0 bridgehead atoms. The van der Waals surface area contributed by atoms with E-state index in [9.17, 15) is 9.59 Å². The van der Waals surface area contributed by atoms with E-state index in [-0.39, 0.29) is 17.5 Å². The number of rotatable bonds is 3. The SMILES string of the molecule is Cn1ccc(C(=O)N2CCC[C@@H]2Cc2cccc3ccccc23)cc1=O. The van der Waals surface area contributed by atoms with E-state index in [2.05, 4.69) is 36.4 Å². The van der Waals surface area contributed by atoms with Gasteiger partial charge in [0.2, 0.25) is 0 Å². The van der Waals surface area contributed by atoms with Gasteiger partial charge in [0.1, 0.15) is 0 Å². The lowest BCUT2D eigenvalue weighted by atomic mass is 9.97. The summed E-state index contributed by atoms with van der Waals surface area (Å²) in [6, 6.07) is 18.1. The largest absolute Gasteiger partial charge is 0.335 e. The monoisotopic (exact) mass is 346 g/mol. The van der Waals surface area contributed by atoms with Crippen LogP contribution in [0, 0.1) is 0 Å². The molecule has 1 aliphatic heterocycles. The predicted octanol–water partition coefficient (Wildman–Crippen LogP) is 3.39. The van der Waals surface area contributed by atoms with E-state index >= 15 is 0 Å². The number of carbonyl (C=O) groups excluding carboxylic acids is 1. The molecule has 0 unspecified atom stereocenters. The van der Waals surface area contributed by atoms with Crippen molar-refractivity contribution in [2.45, 2.75) is 25.3 Å². The summed E-state index contributed by atoms with van der Waals surface area (Å²) in [7, 11) is 1.69. The normalized spacial score (nSPS) is 17.0. The fourth-order valence-electron chi connectivity index (χ4n) is 3.89. The number of hydrogen-bond donors (Lipinski definition) is 0. The number of amides is 1. The smallest absolute Gasteiger partial charge is 0.254 e. The van der Waals surface area contributed by atoms with Crippen LogP contribution in [-0.4, -0.2) is 28.0 Å². The third-order valence-corrected chi connectivity index (χ3v) is 5.32. The number of aromatic nitrogens is 1. The van der Waals surface area contributed by atoms with Gasteiger partial charge in [-0.25, -0.2) is 0 Å². The fraction of sp³-hybridized carbons (Fsp3) is 0.273. The van der Waals surface area contributed by atoms with Crippen molar-refractivity contribution in [2.24, 2.45) is 7.05 Å². The van der Waals surface area contributed by atoms with Gasteiger partial charge in [-0.2, -0.15) is 0 Å². The summed E-state index contributed by atoms with van der Waals surface area (Å²) in [5, 5.41) is 2.48. The zero-order chi connectivity index (χ0) is 18.1. The Balaban J connectivity index is 1.61. The zero-order valence-corrected chi connectivity index (χ0v) is 14.9. The highest BCUT2D eigenvalue weighted by Gasteiger charge is 2.30. The molecule has 0 radical (unpaired) electrons. The lowest BCUT2D eigenvalue weighted by Crippen LogP contribution is -2.37. The lowest BCUT2D eigenvalue weighted by molar-refractivity contribution is 0.0736. The van der Waals surface area contributed by atoms with E-state index in [4.69, 9.17) is 0 Å². The maximum atomic E-state index is 13.0. The highest BCUT2D eigenvalue weighted by Crippen LogP contribution is 2.26. The Hall–Kier alpha value is -2.88. The molecule has 132 valence electrons. The first-order valence-corrected chi connectivity index (χ1v) is 9.08. The molecular formula is C22H22N2O2. The van der Waals surface area contributed by atoms with Gasteiger partial charge in [0.05, 0.1) is 0 Å². The summed E-state index contributed by atoms with van der Waals surface area (Å²) in [6.07, 6.45) is 4.51. The first-order valence-electron chi connectivity index (χ1n) is 9.08. The van der Waals surface area contributed by atoms with Crippen LogP contribution in [0.1, 0.15) is 28.8 Å². The first kappa shape index (κ1) is 16.6. The van der Waals surface area contributed by atoms with Crippen LogP contribution in [0.25, 0.3) is 10.8 Å². The highest BCUT2D eigenvalue weighted by atomic mass is 16.2. The molecule has 1 amide bonds. The quantitative estimate of drug-likeness (QED) is 0.729. The van der Waals surface area contributed by atoms with Gasteiger partial charge in [0, 0.05) is 37.5 Å². The van der Waals surface area contributed by atoms with E-state index in [1.54, 1.807) is 19.3 Å². The van der Waals surface area contributed by atoms with Gasteiger partial charge in [0.25, 0.3) is 11.5 Å². The van der Waals surface area contributed by atoms with E-state index in [1.165, 1.54) is 27.0 Å². The molecule has 2 heterocycles. The molecule has 2 aromatic carbocycles. The Morgan fingerprint density at radius 2 is 1.92 bits per heavy atom. The molecule has 4 rings (SSSR count). The molecule has 1 fully saturated rings. The molecule has 0 saturated carbocycles. The van der Waals surface area contributed by atoms with Crippen molar-refractivity contribution in [3.63, 3.8) is 0 Å². The van der Waals surface area contributed by atoms with Crippen molar-refractivity contribution in [3.05, 3.63) is 82.3 Å². The van der Waals surface area contributed by atoms with Crippen molar-refractivity contribution in [1.29, 1.82) is 0 Å².